The Balaban J connectivity index is 2.37. The third-order valence-electron chi connectivity index (χ3n) is 3.43. The maximum atomic E-state index is 11.8. The maximum Gasteiger partial charge on any atom is 0.326 e. The van der Waals surface area contributed by atoms with E-state index in [1.165, 1.54) is 0 Å². The minimum atomic E-state index is -1.05. The number of aliphatic carboxylic acids is 1. The highest BCUT2D eigenvalue weighted by atomic mass is 16.4. The molecule has 23 heavy (non-hydrogen) atoms. The van der Waals surface area contributed by atoms with Crippen LogP contribution in [-0.2, 0) is 9.59 Å². The van der Waals surface area contributed by atoms with E-state index in [0.29, 0.717) is 12.0 Å². The lowest BCUT2D eigenvalue weighted by molar-refractivity contribution is -0.141. The van der Waals surface area contributed by atoms with E-state index in [9.17, 15) is 14.4 Å². The molecular weight excluding hydrogens is 296 g/mol. The number of hydrogen-bond donors (Lipinski definition) is 3. The highest BCUT2D eigenvalue weighted by Crippen LogP contribution is 2.06. The third kappa shape index (κ3) is 7.44. The molecule has 0 aromatic heterocycles. The summed E-state index contributed by atoms with van der Waals surface area (Å²) in [4.78, 5) is 34.8. The summed E-state index contributed by atoms with van der Waals surface area (Å²) < 4.78 is 0. The minimum Gasteiger partial charge on any atom is -0.480 e. The summed E-state index contributed by atoms with van der Waals surface area (Å²) in [5, 5.41) is 14.1. The van der Waals surface area contributed by atoms with E-state index in [4.69, 9.17) is 5.11 Å². The lowest BCUT2D eigenvalue weighted by Crippen LogP contribution is -2.45. The van der Waals surface area contributed by atoms with Gasteiger partial charge in [0.2, 0.25) is 5.91 Å². The number of carboxylic acid groups (broad SMARTS) is 1. The summed E-state index contributed by atoms with van der Waals surface area (Å²) in [5.74, 6) is -1.92. The molecule has 0 radical (unpaired) electrons. The Morgan fingerprint density at radius 2 is 1.78 bits per heavy atom. The molecule has 0 heterocycles. The first-order chi connectivity index (χ1) is 11.0. The Bertz CT molecular complexity index is 517. The molecule has 1 aromatic rings. The van der Waals surface area contributed by atoms with E-state index in [2.05, 4.69) is 17.6 Å². The van der Waals surface area contributed by atoms with Crippen molar-refractivity contribution in [1.82, 2.24) is 10.6 Å². The summed E-state index contributed by atoms with van der Waals surface area (Å²) in [7, 11) is 0. The van der Waals surface area contributed by atoms with Gasteiger partial charge in [-0.2, -0.15) is 0 Å². The fourth-order valence-corrected chi connectivity index (χ4v) is 2.13. The van der Waals surface area contributed by atoms with Crippen LogP contribution in [0.2, 0.25) is 0 Å². The Hall–Kier alpha value is -2.37. The predicted octanol–water partition coefficient (Wildman–Crippen LogP) is 1.96. The zero-order chi connectivity index (χ0) is 17.1. The molecule has 0 saturated heterocycles. The highest BCUT2D eigenvalue weighted by Gasteiger charge is 2.19. The number of carbonyl (C=O) groups is 3. The van der Waals surface area contributed by atoms with Crippen LogP contribution in [0.1, 0.15) is 49.4 Å². The van der Waals surface area contributed by atoms with Crippen LogP contribution in [0.5, 0.6) is 0 Å². The highest BCUT2D eigenvalue weighted by molar-refractivity contribution is 5.96. The van der Waals surface area contributed by atoms with Crippen LogP contribution in [-0.4, -0.2) is 35.5 Å². The van der Waals surface area contributed by atoms with Crippen molar-refractivity contribution in [3.63, 3.8) is 0 Å². The summed E-state index contributed by atoms with van der Waals surface area (Å²) in [6, 6.07) is 7.62. The average molecular weight is 320 g/mol. The van der Waals surface area contributed by atoms with Gasteiger partial charge in [0.25, 0.3) is 5.91 Å². The molecule has 6 nitrogen and oxygen atoms in total. The van der Waals surface area contributed by atoms with Crippen molar-refractivity contribution in [2.24, 2.45) is 0 Å². The molecule has 0 bridgehead atoms. The van der Waals surface area contributed by atoms with Gasteiger partial charge in [-0.25, -0.2) is 4.79 Å². The summed E-state index contributed by atoms with van der Waals surface area (Å²) in [6.07, 6.45) is 4.21. The van der Waals surface area contributed by atoms with Crippen molar-refractivity contribution in [1.29, 1.82) is 0 Å². The van der Waals surface area contributed by atoms with Crippen molar-refractivity contribution in [2.75, 3.05) is 6.54 Å². The number of carboxylic acids is 1. The molecule has 126 valence electrons. The van der Waals surface area contributed by atoms with Crippen molar-refractivity contribution in [3.05, 3.63) is 35.9 Å². The monoisotopic (exact) mass is 320 g/mol. The van der Waals surface area contributed by atoms with Crippen LogP contribution in [0.15, 0.2) is 30.3 Å². The first-order valence-electron chi connectivity index (χ1n) is 7.90. The number of rotatable bonds is 10. The largest absolute Gasteiger partial charge is 0.480 e. The molecule has 0 spiro atoms. The van der Waals surface area contributed by atoms with E-state index in [-0.39, 0.29) is 12.5 Å². The van der Waals surface area contributed by atoms with Gasteiger partial charge >= 0.3 is 5.97 Å². The standard InChI is InChI=1S/C17H24N2O4/c1-2-3-4-8-11-14(17(22)23)19-15(20)12-18-16(21)13-9-6-5-7-10-13/h5-7,9-10,14H,2-4,8,11-12H2,1H3,(H,18,21)(H,19,20)(H,22,23)/t14-/m0/s1. The van der Waals surface area contributed by atoms with Crippen molar-refractivity contribution in [3.8, 4) is 0 Å². The van der Waals surface area contributed by atoms with Crippen LogP contribution in [0.3, 0.4) is 0 Å². The van der Waals surface area contributed by atoms with Gasteiger partial charge in [0.1, 0.15) is 6.04 Å². The van der Waals surface area contributed by atoms with Crippen LogP contribution < -0.4 is 10.6 Å². The molecule has 0 aliphatic carbocycles. The van der Waals surface area contributed by atoms with Gasteiger partial charge in [-0.3, -0.25) is 9.59 Å². The van der Waals surface area contributed by atoms with Gasteiger partial charge < -0.3 is 15.7 Å². The summed E-state index contributed by atoms with van der Waals surface area (Å²) >= 11 is 0. The van der Waals surface area contributed by atoms with Crippen LogP contribution >= 0.6 is 0 Å². The van der Waals surface area contributed by atoms with Crippen LogP contribution in [0, 0.1) is 0 Å². The summed E-state index contributed by atoms with van der Waals surface area (Å²) in [5.41, 5.74) is 0.453. The predicted molar refractivity (Wildman–Crippen MR) is 87.1 cm³/mol. The smallest absolute Gasteiger partial charge is 0.326 e. The second-order valence-corrected chi connectivity index (χ2v) is 5.36. The lowest BCUT2D eigenvalue weighted by atomic mass is 10.1. The van der Waals surface area contributed by atoms with E-state index in [0.717, 1.165) is 25.7 Å². The molecule has 3 N–H and O–H groups in total. The van der Waals surface area contributed by atoms with Crippen LogP contribution in [0.25, 0.3) is 0 Å². The molecule has 0 aliphatic rings. The van der Waals surface area contributed by atoms with Gasteiger partial charge in [-0.1, -0.05) is 50.8 Å². The van der Waals surface area contributed by atoms with Crippen molar-refractivity contribution >= 4 is 17.8 Å². The number of unbranched alkanes of at least 4 members (excludes halogenated alkanes) is 3. The Morgan fingerprint density at radius 1 is 1.09 bits per heavy atom. The molecule has 0 saturated carbocycles. The lowest BCUT2D eigenvalue weighted by Gasteiger charge is -2.14. The molecule has 0 unspecified atom stereocenters. The molecule has 1 rings (SSSR count). The first-order valence-corrected chi connectivity index (χ1v) is 7.90. The molecule has 1 aromatic carbocycles. The minimum absolute atomic E-state index is 0.244. The Kier molecular flexibility index (Phi) is 8.42. The molecule has 1 atom stereocenters. The van der Waals surface area contributed by atoms with Gasteiger partial charge in [-0.15, -0.1) is 0 Å². The number of hydrogen-bond acceptors (Lipinski definition) is 3. The fraction of sp³-hybridized carbons (Fsp3) is 0.471. The third-order valence-corrected chi connectivity index (χ3v) is 3.43. The molecule has 0 aliphatic heterocycles. The summed E-state index contributed by atoms with van der Waals surface area (Å²) in [6.45, 7) is 1.83. The fourth-order valence-electron chi connectivity index (χ4n) is 2.13. The second-order valence-electron chi connectivity index (χ2n) is 5.36. The number of carbonyl (C=O) groups excluding carboxylic acids is 2. The van der Waals surface area contributed by atoms with Gasteiger partial charge in [0, 0.05) is 5.56 Å². The molecular formula is C17H24N2O4. The zero-order valence-electron chi connectivity index (χ0n) is 13.4. The normalized spacial score (nSPS) is 11.5. The molecule has 0 fully saturated rings. The molecule has 6 heteroatoms. The van der Waals surface area contributed by atoms with Crippen LogP contribution in [0.4, 0.5) is 0 Å². The van der Waals surface area contributed by atoms with Crippen molar-refractivity contribution < 1.29 is 19.5 Å². The van der Waals surface area contributed by atoms with Gasteiger partial charge in [0.15, 0.2) is 0 Å². The van der Waals surface area contributed by atoms with Gasteiger partial charge in [0.05, 0.1) is 6.54 Å². The van der Waals surface area contributed by atoms with E-state index >= 15 is 0 Å². The second kappa shape index (κ2) is 10.4. The maximum absolute atomic E-state index is 11.8. The topological polar surface area (TPSA) is 95.5 Å². The van der Waals surface area contributed by atoms with Crippen molar-refractivity contribution in [2.45, 2.75) is 45.1 Å². The number of benzene rings is 1. The van der Waals surface area contributed by atoms with E-state index in [1.54, 1.807) is 30.3 Å². The average Bonchev–Trinajstić information content (AvgIpc) is 2.56. The SMILES string of the molecule is CCCCCC[C@H](NC(=O)CNC(=O)c1ccccc1)C(=O)O. The first kappa shape index (κ1) is 18.7. The quantitative estimate of drug-likeness (QED) is 0.574. The van der Waals surface area contributed by atoms with Gasteiger partial charge in [-0.05, 0) is 18.6 Å². The Morgan fingerprint density at radius 3 is 2.39 bits per heavy atom. The zero-order valence-corrected chi connectivity index (χ0v) is 13.4. The van der Waals surface area contributed by atoms with E-state index in [1.807, 2.05) is 0 Å². The number of nitrogens with one attached hydrogen (secondary N) is 2. The van der Waals surface area contributed by atoms with E-state index < -0.39 is 17.9 Å². The molecule has 2 amide bonds. The number of amides is 2. The Labute approximate surface area is 136 Å².